The molecule has 0 fully saturated rings. The summed E-state index contributed by atoms with van der Waals surface area (Å²) >= 11 is 0. The molecule has 20 heavy (non-hydrogen) atoms. The second-order valence-corrected chi connectivity index (χ2v) is 5.70. The second kappa shape index (κ2) is 5.39. The predicted octanol–water partition coefficient (Wildman–Crippen LogP) is 1.37. The van der Waals surface area contributed by atoms with E-state index in [1.165, 1.54) is 37.4 Å². The van der Waals surface area contributed by atoms with Crippen molar-refractivity contribution in [3.05, 3.63) is 51.9 Å². The van der Waals surface area contributed by atoms with Gasteiger partial charge in [-0.2, -0.15) is 0 Å². The zero-order valence-electron chi connectivity index (χ0n) is 10.4. The lowest BCUT2D eigenvalue weighted by atomic mass is 10.2. The Morgan fingerprint density at radius 3 is 2.75 bits per heavy atom. The van der Waals surface area contributed by atoms with Crippen molar-refractivity contribution in [2.24, 2.45) is 0 Å². The highest BCUT2D eigenvalue weighted by Crippen LogP contribution is 2.24. The number of nitrogens with zero attached hydrogens (tertiary/aromatic N) is 2. The van der Waals surface area contributed by atoms with Crippen LogP contribution in [0.5, 0.6) is 0 Å². The summed E-state index contributed by atoms with van der Waals surface area (Å²) < 4.78 is 31.3. The standard InChI is InChI=1S/C11H11N3O5S/c1-8-10(14(15)16)3-2-4-11(8)20(17,18)13-7-9-5-6-12-19-9/h2-6,13H,7H2,1H3. The highest BCUT2D eigenvalue weighted by atomic mass is 32.2. The van der Waals surface area contributed by atoms with E-state index in [0.717, 1.165) is 0 Å². The van der Waals surface area contributed by atoms with Crippen LogP contribution in [0.4, 0.5) is 5.69 Å². The summed E-state index contributed by atoms with van der Waals surface area (Å²) in [5.74, 6) is 0.344. The summed E-state index contributed by atoms with van der Waals surface area (Å²) in [5, 5.41) is 14.3. The maximum absolute atomic E-state index is 12.1. The van der Waals surface area contributed by atoms with Crippen molar-refractivity contribution in [2.45, 2.75) is 18.4 Å². The van der Waals surface area contributed by atoms with E-state index in [1.54, 1.807) is 0 Å². The van der Waals surface area contributed by atoms with E-state index in [1.807, 2.05) is 0 Å². The molecule has 1 aromatic carbocycles. The summed E-state index contributed by atoms with van der Waals surface area (Å²) in [6, 6.07) is 5.41. The number of nitro benzene ring substituents is 1. The van der Waals surface area contributed by atoms with Crippen molar-refractivity contribution in [2.75, 3.05) is 0 Å². The third-order valence-electron chi connectivity index (χ3n) is 2.67. The van der Waals surface area contributed by atoms with Crippen LogP contribution in [0.15, 0.2) is 39.9 Å². The zero-order valence-corrected chi connectivity index (χ0v) is 11.3. The zero-order chi connectivity index (χ0) is 14.8. The fourth-order valence-corrected chi connectivity index (χ4v) is 2.92. The normalized spacial score (nSPS) is 11.4. The summed E-state index contributed by atoms with van der Waals surface area (Å²) in [7, 11) is -3.87. The van der Waals surface area contributed by atoms with Crippen LogP contribution in [-0.4, -0.2) is 18.5 Å². The van der Waals surface area contributed by atoms with Crippen molar-refractivity contribution in [3.63, 3.8) is 0 Å². The second-order valence-electron chi connectivity index (χ2n) is 3.96. The predicted molar refractivity (Wildman–Crippen MR) is 68.4 cm³/mol. The van der Waals surface area contributed by atoms with Crippen LogP contribution in [0, 0.1) is 17.0 Å². The van der Waals surface area contributed by atoms with Gasteiger partial charge < -0.3 is 4.52 Å². The molecule has 0 aliphatic rings. The van der Waals surface area contributed by atoms with Crippen LogP contribution in [0.2, 0.25) is 0 Å². The van der Waals surface area contributed by atoms with Gasteiger partial charge in [0.15, 0.2) is 5.76 Å². The van der Waals surface area contributed by atoms with Gasteiger partial charge in [0.1, 0.15) is 0 Å². The maximum atomic E-state index is 12.1. The van der Waals surface area contributed by atoms with Crippen LogP contribution in [0.1, 0.15) is 11.3 Å². The molecule has 0 saturated heterocycles. The van der Waals surface area contributed by atoms with Gasteiger partial charge in [-0.3, -0.25) is 10.1 Å². The first-order chi connectivity index (χ1) is 9.42. The third kappa shape index (κ3) is 2.83. The minimum absolute atomic E-state index is 0.0789. The number of sulfonamides is 1. The van der Waals surface area contributed by atoms with E-state index in [2.05, 4.69) is 9.88 Å². The summed E-state index contributed by atoms with van der Waals surface area (Å²) in [4.78, 5) is 10.1. The molecule has 1 aromatic heterocycles. The number of hydrogen-bond donors (Lipinski definition) is 1. The van der Waals surface area contributed by atoms with Gasteiger partial charge in [-0.25, -0.2) is 13.1 Å². The summed E-state index contributed by atoms with van der Waals surface area (Å²) in [6.45, 7) is 1.31. The van der Waals surface area contributed by atoms with E-state index in [9.17, 15) is 18.5 Å². The van der Waals surface area contributed by atoms with E-state index in [-0.39, 0.29) is 22.7 Å². The minimum Gasteiger partial charge on any atom is -0.360 e. The molecule has 9 heteroatoms. The molecule has 0 spiro atoms. The third-order valence-corrected chi connectivity index (χ3v) is 4.22. The molecule has 0 bridgehead atoms. The molecular formula is C11H11N3O5S. The van der Waals surface area contributed by atoms with E-state index < -0.39 is 14.9 Å². The summed E-state index contributed by atoms with van der Waals surface area (Å²) in [6.07, 6.45) is 1.39. The largest absolute Gasteiger partial charge is 0.360 e. The molecule has 1 N–H and O–H groups in total. The first kappa shape index (κ1) is 14.2. The number of nitro groups is 1. The minimum atomic E-state index is -3.87. The Kier molecular flexibility index (Phi) is 3.81. The average molecular weight is 297 g/mol. The van der Waals surface area contributed by atoms with Gasteiger partial charge in [-0.15, -0.1) is 0 Å². The molecule has 2 aromatic rings. The lowest BCUT2D eigenvalue weighted by Gasteiger charge is -2.08. The Balaban J connectivity index is 2.30. The van der Waals surface area contributed by atoms with Gasteiger partial charge in [0, 0.05) is 17.7 Å². The van der Waals surface area contributed by atoms with Gasteiger partial charge in [0.25, 0.3) is 5.69 Å². The fourth-order valence-electron chi connectivity index (χ4n) is 1.67. The Labute approximate surface area is 114 Å². The van der Waals surface area contributed by atoms with Gasteiger partial charge in [-0.1, -0.05) is 11.2 Å². The number of aromatic nitrogens is 1. The van der Waals surface area contributed by atoms with Gasteiger partial charge in [0.2, 0.25) is 10.0 Å². The molecule has 0 amide bonds. The van der Waals surface area contributed by atoms with E-state index in [0.29, 0.717) is 5.76 Å². The van der Waals surface area contributed by atoms with Gasteiger partial charge >= 0.3 is 0 Å². The first-order valence-electron chi connectivity index (χ1n) is 5.55. The Bertz CT molecular complexity index is 725. The molecule has 2 rings (SSSR count). The quantitative estimate of drug-likeness (QED) is 0.658. The Morgan fingerprint density at radius 2 is 2.15 bits per heavy atom. The Morgan fingerprint density at radius 1 is 1.40 bits per heavy atom. The molecular weight excluding hydrogens is 286 g/mol. The first-order valence-corrected chi connectivity index (χ1v) is 7.03. The van der Waals surface area contributed by atoms with Crippen molar-refractivity contribution in [1.29, 1.82) is 0 Å². The van der Waals surface area contributed by atoms with E-state index >= 15 is 0 Å². The van der Waals surface area contributed by atoms with Crippen molar-refractivity contribution < 1.29 is 17.9 Å². The topological polar surface area (TPSA) is 115 Å². The van der Waals surface area contributed by atoms with Crippen molar-refractivity contribution >= 4 is 15.7 Å². The molecule has 1 heterocycles. The number of hydrogen-bond acceptors (Lipinski definition) is 6. The van der Waals surface area contributed by atoms with Crippen LogP contribution in [0.3, 0.4) is 0 Å². The number of nitrogens with one attached hydrogen (secondary N) is 1. The molecule has 0 aliphatic carbocycles. The van der Waals surface area contributed by atoms with Crippen molar-refractivity contribution in [1.82, 2.24) is 9.88 Å². The molecule has 0 saturated carbocycles. The average Bonchev–Trinajstić information content (AvgIpc) is 2.89. The van der Waals surface area contributed by atoms with Crippen LogP contribution < -0.4 is 4.72 Å². The van der Waals surface area contributed by atoms with Crippen LogP contribution in [-0.2, 0) is 16.6 Å². The monoisotopic (exact) mass is 297 g/mol. The molecule has 8 nitrogen and oxygen atoms in total. The lowest BCUT2D eigenvalue weighted by Crippen LogP contribution is -2.24. The smallest absolute Gasteiger partial charge is 0.273 e. The fraction of sp³-hybridized carbons (Fsp3) is 0.182. The number of rotatable bonds is 5. The van der Waals surface area contributed by atoms with Crippen LogP contribution >= 0.6 is 0 Å². The molecule has 0 aliphatic heterocycles. The summed E-state index contributed by atoms with van der Waals surface area (Å²) in [5.41, 5.74) is -0.157. The molecule has 106 valence electrons. The lowest BCUT2D eigenvalue weighted by molar-refractivity contribution is -0.385. The number of benzene rings is 1. The SMILES string of the molecule is Cc1c([N+](=O)[O-])cccc1S(=O)(=O)NCc1ccno1. The maximum Gasteiger partial charge on any atom is 0.273 e. The van der Waals surface area contributed by atoms with Gasteiger partial charge in [0.05, 0.1) is 22.6 Å². The van der Waals surface area contributed by atoms with Crippen LogP contribution in [0.25, 0.3) is 0 Å². The molecule has 0 unspecified atom stereocenters. The highest BCUT2D eigenvalue weighted by molar-refractivity contribution is 7.89. The Hall–Kier alpha value is -2.26. The van der Waals surface area contributed by atoms with E-state index in [4.69, 9.17) is 4.52 Å². The van der Waals surface area contributed by atoms with Gasteiger partial charge in [-0.05, 0) is 13.0 Å². The highest BCUT2D eigenvalue weighted by Gasteiger charge is 2.22. The molecule has 0 radical (unpaired) electrons. The van der Waals surface area contributed by atoms with Crippen molar-refractivity contribution in [3.8, 4) is 0 Å². The molecule has 0 atom stereocenters.